The molecule has 1 aliphatic heterocycles. The number of fused-ring (bicyclic) bond motifs is 1. The molecule has 0 fully saturated rings. The molecule has 4 heteroatoms. The normalized spacial score (nSPS) is 14.8. The number of hydrogen-bond acceptors (Lipinski definition) is 3. The van der Waals surface area contributed by atoms with Crippen LogP contribution in [0.3, 0.4) is 0 Å². The lowest BCUT2D eigenvalue weighted by Crippen LogP contribution is -2.35. The number of carbonyl (C=O) groups excluding carboxylic acids is 1. The van der Waals surface area contributed by atoms with Crippen molar-refractivity contribution in [1.82, 2.24) is 9.88 Å². The first-order chi connectivity index (χ1) is 13.0. The molecule has 4 nitrogen and oxygen atoms in total. The SMILES string of the molecule is CN1C(=O)c2cc(N=C(c3ccccc3)c3ccccc3)cnc2C1(C)C. The van der Waals surface area contributed by atoms with Crippen LogP contribution < -0.4 is 0 Å². The summed E-state index contributed by atoms with van der Waals surface area (Å²) in [6.45, 7) is 4.01. The summed E-state index contributed by atoms with van der Waals surface area (Å²) >= 11 is 0. The van der Waals surface area contributed by atoms with Gasteiger partial charge in [0.25, 0.3) is 5.91 Å². The van der Waals surface area contributed by atoms with E-state index in [4.69, 9.17) is 4.99 Å². The predicted octanol–water partition coefficient (Wildman–Crippen LogP) is 4.57. The molecule has 0 saturated carbocycles. The molecule has 0 radical (unpaired) electrons. The van der Waals surface area contributed by atoms with E-state index < -0.39 is 5.54 Å². The summed E-state index contributed by atoms with van der Waals surface area (Å²) in [7, 11) is 1.81. The quantitative estimate of drug-likeness (QED) is 0.646. The molecular weight excluding hydrogens is 334 g/mol. The van der Waals surface area contributed by atoms with Crippen LogP contribution in [0.5, 0.6) is 0 Å². The Bertz CT molecular complexity index is 983. The maximum Gasteiger partial charge on any atom is 0.256 e. The van der Waals surface area contributed by atoms with E-state index in [0.717, 1.165) is 22.5 Å². The van der Waals surface area contributed by atoms with Gasteiger partial charge in [-0.2, -0.15) is 0 Å². The first-order valence-electron chi connectivity index (χ1n) is 8.96. The topological polar surface area (TPSA) is 45.6 Å². The van der Waals surface area contributed by atoms with Gasteiger partial charge in [0.2, 0.25) is 0 Å². The summed E-state index contributed by atoms with van der Waals surface area (Å²) in [5.41, 5.74) is 4.60. The fourth-order valence-corrected chi connectivity index (χ4v) is 3.38. The van der Waals surface area contributed by atoms with Gasteiger partial charge in [-0.1, -0.05) is 60.7 Å². The van der Waals surface area contributed by atoms with Crippen LogP contribution in [0, 0.1) is 0 Å². The number of aliphatic imine (C=N–C) groups is 1. The van der Waals surface area contributed by atoms with Gasteiger partial charge in [0.1, 0.15) is 0 Å². The zero-order valence-electron chi connectivity index (χ0n) is 15.7. The van der Waals surface area contributed by atoms with Crippen molar-refractivity contribution in [2.24, 2.45) is 4.99 Å². The fraction of sp³-hybridized carbons (Fsp3) is 0.174. The lowest BCUT2D eigenvalue weighted by atomic mass is 9.99. The van der Waals surface area contributed by atoms with Crippen LogP contribution in [-0.4, -0.2) is 28.6 Å². The molecular formula is C23H21N3O. The summed E-state index contributed by atoms with van der Waals surface area (Å²) in [5, 5.41) is 0. The van der Waals surface area contributed by atoms with Gasteiger partial charge >= 0.3 is 0 Å². The second kappa shape index (κ2) is 6.47. The summed E-state index contributed by atoms with van der Waals surface area (Å²) in [6, 6.07) is 21.9. The summed E-state index contributed by atoms with van der Waals surface area (Å²) in [5.74, 6) is -0.0134. The van der Waals surface area contributed by atoms with Gasteiger partial charge < -0.3 is 4.90 Å². The zero-order valence-corrected chi connectivity index (χ0v) is 15.7. The maximum atomic E-state index is 12.6. The number of rotatable bonds is 3. The van der Waals surface area contributed by atoms with Gasteiger partial charge in [-0.05, 0) is 19.9 Å². The average Bonchev–Trinajstić information content (AvgIpc) is 2.87. The Kier molecular flexibility index (Phi) is 4.11. The lowest BCUT2D eigenvalue weighted by molar-refractivity contribution is 0.0688. The van der Waals surface area contributed by atoms with E-state index in [2.05, 4.69) is 4.98 Å². The molecule has 2 heterocycles. The highest BCUT2D eigenvalue weighted by Gasteiger charge is 2.42. The minimum absolute atomic E-state index is 0.0134. The van der Waals surface area contributed by atoms with Crippen LogP contribution in [0.2, 0.25) is 0 Å². The van der Waals surface area contributed by atoms with Crippen molar-refractivity contribution in [2.45, 2.75) is 19.4 Å². The first-order valence-corrected chi connectivity index (χ1v) is 8.96. The van der Waals surface area contributed by atoms with Gasteiger partial charge in [0.05, 0.1) is 34.4 Å². The Morgan fingerprint density at radius 3 is 2.07 bits per heavy atom. The Labute approximate surface area is 159 Å². The van der Waals surface area contributed by atoms with Crippen LogP contribution in [0.4, 0.5) is 5.69 Å². The Morgan fingerprint density at radius 1 is 0.963 bits per heavy atom. The molecule has 134 valence electrons. The molecule has 0 unspecified atom stereocenters. The number of carbonyl (C=O) groups is 1. The Hall–Kier alpha value is -3.27. The van der Waals surface area contributed by atoms with Crippen molar-refractivity contribution in [3.8, 4) is 0 Å². The third-order valence-corrected chi connectivity index (χ3v) is 5.16. The number of pyridine rings is 1. The molecule has 0 saturated heterocycles. The maximum absolute atomic E-state index is 12.6. The molecule has 0 spiro atoms. The van der Waals surface area contributed by atoms with Crippen molar-refractivity contribution >= 4 is 17.3 Å². The molecule has 1 aromatic heterocycles. The number of benzene rings is 2. The van der Waals surface area contributed by atoms with E-state index in [1.54, 1.807) is 11.1 Å². The van der Waals surface area contributed by atoms with Gasteiger partial charge in [0.15, 0.2) is 0 Å². The summed E-state index contributed by atoms with van der Waals surface area (Å²) in [4.78, 5) is 23.8. The molecule has 27 heavy (non-hydrogen) atoms. The zero-order chi connectivity index (χ0) is 19.0. The third kappa shape index (κ3) is 2.93. The van der Waals surface area contributed by atoms with E-state index >= 15 is 0 Å². The van der Waals surface area contributed by atoms with Crippen LogP contribution in [0.25, 0.3) is 0 Å². The molecule has 0 N–H and O–H groups in total. The fourth-order valence-electron chi connectivity index (χ4n) is 3.38. The molecule has 1 aliphatic rings. The minimum atomic E-state index is -0.406. The predicted molar refractivity (Wildman–Crippen MR) is 108 cm³/mol. The monoisotopic (exact) mass is 355 g/mol. The summed E-state index contributed by atoms with van der Waals surface area (Å²) < 4.78 is 0. The number of amides is 1. The molecule has 1 amide bonds. The number of aromatic nitrogens is 1. The van der Waals surface area contributed by atoms with Gasteiger partial charge in [-0.15, -0.1) is 0 Å². The Morgan fingerprint density at radius 2 is 1.52 bits per heavy atom. The van der Waals surface area contributed by atoms with Crippen molar-refractivity contribution < 1.29 is 4.79 Å². The summed E-state index contributed by atoms with van der Waals surface area (Å²) in [6.07, 6.45) is 1.75. The van der Waals surface area contributed by atoms with Crippen molar-refractivity contribution in [1.29, 1.82) is 0 Å². The molecule has 0 aliphatic carbocycles. The van der Waals surface area contributed by atoms with E-state index in [0.29, 0.717) is 11.3 Å². The van der Waals surface area contributed by atoms with Gasteiger partial charge in [0, 0.05) is 18.2 Å². The van der Waals surface area contributed by atoms with Crippen LogP contribution in [0.1, 0.15) is 41.0 Å². The van der Waals surface area contributed by atoms with Crippen LogP contribution >= 0.6 is 0 Å². The molecule has 3 aromatic rings. The van der Waals surface area contributed by atoms with E-state index in [1.807, 2.05) is 87.6 Å². The highest BCUT2D eigenvalue weighted by molar-refractivity contribution is 6.14. The van der Waals surface area contributed by atoms with Crippen LogP contribution in [0.15, 0.2) is 77.9 Å². The second-order valence-corrected chi connectivity index (χ2v) is 7.21. The van der Waals surface area contributed by atoms with Gasteiger partial charge in [-0.25, -0.2) is 4.99 Å². The first kappa shape index (κ1) is 17.2. The van der Waals surface area contributed by atoms with Crippen molar-refractivity contribution in [2.75, 3.05) is 7.05 Å². The molecule has 0 bridgehead atoms. The minimum Gasteiger partial charge on any atom is -0.331 e. The highest BCUT2D eigenvalue weighted by atomic mass is 16.2. The van der Waals surface area contributed by atoms with Gasteiger partial charge in [-0.3, -0.25) is 9.78 Å². The lowest BCUT2D eigenvalue weighted by Gasteiger charge is -2.27. The Balaban J connectivity index is 1.85. The van der Waals surface area contributed by atoms with Crippen LogP contribution in [-0.2, 0) is 5.54 Å². The number of hydrogen-bond donors (Lipinski definition) is 0. The highest BCUT2D eigenvalue weighted by Crippen LogP contribution is 2.37. The van der Waals surface area contributed by atoms with Crippen molar-refractivity contribution in [3.05, 3.63) is 95.3 Å². The van der Waals surface area contributed by atoms with Crippen molar-refractivity contribution in [3.63, 3.8) is 0 Å². The molecule has 0 atom stereocenters. The second-order valence-electron chi connectivity index (χ2n) is 7.21. The standard InChI is InChI=1S/C23H21N3O/c1-23(2)21-19(22(27)26(23)3)14-18(15-24-21)25-20(16-10-6-4-7-11-16)17-12-8-5-9-13-17/h4-15H,1-3H3. The molecule has 2 aromatic carbocycles. The molecule has 4 rings (SSSR count). The third-order valence-electron chi connectivity index (χ3n) is 5.16. The average molecular weight is 355 g/mol. The smallest absolute Gasteiger partial charge is 0.256 e. The van der Waals surface area contributed by atoms with E-state index in [1.165, 1.54) is 0 Å². The number of nitrogens with zero attached hydrogens (tertiary/aromatic N) is 3. The van der Waals surface area contributed by atoms with E-state index in [9.17, 15) is 4.79 Å². The largest absolute Gasteiger partial charge is 0.331 e. The van der Waals surface area contributed by atoms with E-state index in [-0.39, 0.29) is 5.91 Å².